The molecule has 0 aromatic rings. The highest BCUT2D eigenvalue weighted by Crippen LogP contribution is 2.31. The summed E-state index contributed by atoms with van der Waals surface area (Å²) in [5.41, 5.74) is -0.988. The van der Waals surface area contributed by atoms with E-state index in [0.717, 1.165) is 57.8 Å². The quantitative estimate of drug-likeness (QED) is 0.515. The predicted molar refractivity (Wildman–Crippen MR) is 110 cm³/mol. The first-order chi connectivity index (χ1) is 13.6. The van der Waals surface area contributed by atoms with Crippen molar-refractivity contribution in [2.45, 2.75) is 124 Å². The lowest BCUT2D eigenvalue weighted by Gasteiger charge is -2.36. The molecule has 4 unspecified atom stereocenters. The van der Waals surface area contributed by atoms with Crippen LogP contribution >= 0.6 is 0 Å². The minimum absolute atomic E-state index is 0.00202. The molecule has 0 radical (unpaired) electrons. The van der Waals surface area contributed by atoms with E-state index in [2.05, 4.69) is 0 Å². The lowest BCUT2D eigenvalue weighted by molar-refractivity contribution is -0.229. The van der Waals surface area contributed by atoms with Gasteiger partial charge >= 0.3 is 11.9 Å². The van der Waals surface area contributed by atoms with Crippen molar-refractivity contribution in [1.29, 1.82) is 0 Å². The molecule has 0 amide bonds. The van der Waals surface area contributed by atoms with Gasteiger partial charge in [-0.2, -0.15) is 0 Å². The molecule has 4 atom stereocenters. The standard InChI is InChI=1S/C23H40O6/c1-7-22(3,4)20(24)28-18-13-9-11-16(26-18)15-17-12-10-14-19(27-17)29-21(25)23(5,6)8-2/h16-19H,7-15H2,1-6H3. The summed E-state index contributed by atoms with van der Waals surface area (Å²) in [5.74, 6) is -0.407. The van der Waals surface area contributed by atoms with Gasteiger partial charge < -0.3 is 18.9 Å². The SMILES string of the molecule is CCC(C)(C)C(=O)OC1CCCC(CC2CCCC(OC(=O)C(C)(C)CC)O2)O1. The monoisotopic (exact) mass is 412 g/mol. The van der Waals surface area contributed by atoms with Crippen molar-refractivity contribution >= 4 is 11.9 Å². The van der Waals surface area contributed by atoms with Crippen LogP contribution in [0.4, 0.5) is 0 Å². The minimum Gasteiger partial charge on any atom is -0.435 e. The van der Waals surface area contributed by atoms with Gasteiger partial charge in [-0.3, -0.25) is 9.59 Å². The Morgan fingerprint density at radius 1 is 0.759 bits per heavy atom. The van der Waals surface area contributed by atoms with Gasteiger partial charge in [0.25, 0.3) is 0 Å². The number of hydrogen-bond donors (Lipinski definition) is 0. The third kappa shape index (κ3) is 6.95. The molecule has 29 heavy (non-hydrogen) atoms. The molecule has 0 bridgehead atoms. The summed E-state index contributed by atoms with van der Waals surface area (Å²) < 4.78 is 23.4. The second-order valence-corrected chi connectivity index (χ2v) is 9.76. The molecule has 6 heteroatoms. The molecule has 2 heterocycles. The van der Waals surface area contributed by atoms with Gasteiger partial charge in [0, 0.05) is 19.3 Å². The van der Waals surface area contributed by atoms with Crippen molar-refractivity contribution in [2.24, 2.45) is 10.8 Å². The number of esters is 2. The van der Waals surface area contributed by atoms with Crippen molar-refractivity contribution in [3.63, 3.8) is 0 Å². The largest absolute Gasteiger partial charge is 0.435 e. The highest BCUT2D eigenvalue weighted by atomic mass is 16.7. The molecule has 2 aliphatic rings. The van der Waals surface area contributed by atoms with Crippen LogP contribution in [0.15, 0.2) is 0 Å². The summed E-state index contributed by atoms with van der Waals surface area (Å²) >= 11 is 0. The zero-order valence-electron chi connectivity index (χ0n) is 19.1. The van der Waals surface area contributed by atoms with E-state index >= 15 is 0 Å². The first kappa shape index (κ1) is 24.1. The van der Waals surface area contributed by atoms with E-state index in [1.807, 2.05) is 41.5 Å². The topological polar surface area (TPSA) is 71.1 Å². The maximum Gasteiger partial charge on any atom is 0.313 e. The smallest absolute Gasteiger partial charge is 0.313 e. The molecular formula is C23H40O6. The molecule has 2 rings (SSSR count). The highest BCUT2D eigenvalue weighted by molar-refractivity contribution is 5.76. The summed E-state index contributed by atoms with van der Waals surface area (Å²) in [6, 6.07) is 0. The molecular weight excluding hydrogens is 372 g/mol. The number of carbonyl (C=O) groups is 2. The molecule has 168 valence electrons. The van der Waals surface area contributed by atoms with Crippen LogP contribution in [-0.2, 0) is 28.5 Å². The number of hydrogen-bond acceptors (Lipinski definition) is 6. The van der Waals surface area contributed by atoms with Gasteiger partial charge in [-0.15, -0.1) is 0 Å². The molecule has 0 aromatic carbocycles. The van der Waals surface area contributed by atoms with E-state index in [9.17, 15) is 9.59 Å². The van der Waals surface area contributed by atoms with Gasteiger partial charge in [0.1, 0.15) is 0 Å². The van der Waals surface area contributed by atoms with Gasteiger partial charge in [-0.25, -0.2) is 0 Å². The number of rotatable bonds is 8. The van der Waals surface area contributed by atoms with E-state index in [1.165, 1.54) is 0 Å². The van der Waals surface area contributed by atoms with Crippen LogP contribution in [0.2, 0.25) is 0 Å². The van der Waals surface area contributed by atoms with Gasteiger partial charge in [0.05, 0.1) is 23.0 Å². The van der Waals surface area contributed by atoms with E-state index in [4.69, 9.17) is 18.9 Å². The maximum atomic E-state index is 12.3. The van der Waals surface area contributed by atoms with Crippen molar-refractivity contribution in [1.82, 2.24) is 0 Å². The van der Waals surface area contributed by atoms with Gasteiger partial charge in [0.15, 0.2) is 0 Å². The second-order valence-electron chi connectivity index (χ2n) is 9.76. The van der Waals surface area contributed by atoms with Crippen LogP contribution in [0.3, 0.4) is 0 Å². The molecule has 2 fully saturated rings. The first-order valence-corrected chi connectivity index (χ1v) is 11.3. The Balaban J connectivity index is 1.83. The van der Waals surface area contributed by atoms with E-state index in [0.29, 0.717) is 0 Å². The molecule has 2 aliphatic heterocycles. The fourth-order valence-electron chi connectivity index (χ4n) is 3.39. The molecule has 0 N–H and O–H groups in total. The van der Waals surface area contributed by atoms with Crippen molar-refractivity contribution in [3.05, 3.63) is 0 Å². The average molecular weight is 413 g/mol. The Kier molecular flexibility index (Phi) is 8.53. The van der Waals surface area contributed by atoms with Crippen LogP contribution in [-0.4, -0.2) is 36.7 Å². The van der Waals surface area contributed by atoms with Gasteiger partial charge in [-0.1, -0.05) is 13.8 Å². The lowest BCUT2D eigenvalue weighted by Crippen LogP contribution is -2.40. The first-order valence-electron chi connectivity index (χ1n) is 11.3. The Labute approximate surface area is 176 Å². The number of carbonyl (C=O) groups excluding carboxylic acids is 2. The minimum atomic E-state index is -0.494. The zero-order valence-corrected chi connectivity index (χ0v) is 19.1. The van der Waals surface area contributed by atoms with Crippen LogP contribution in [0.5, 0.6) is 0 Å². The maximum absolute atomic E-state index is 12.3. The fourth-order valence-corrected chi connectivity index (χ4v) is 3.39. The third-order valence-corrected chi connectivity index (χ3v) is 6.50. The van der Waals surface area contributed by atoms with Crippen molar-refractivity contribution < 1.29 is 28.5 Å². The van der Waals surface area contributed by atoms with Gasteiger partial charge in [-0.05, 0) is 66.2 Å². The molecule has 2 saturated heterocycles. The molecule has 0 spiro atoms. The van der Waals surface area contributed by atoms with Crippen molar-refractivity contribution in [3.8, 4) is 0 Å². The van der Waals surface area contributed by atoms with E-state index in [-0.39, 0.29) is 24.1 Å². The van der Waals surface area contributed by atoms with Gasteiger partial charge in [0.2, 0.25) is 12.6 Å². The third-order valence-electron chi connectivity index (χ3n) is 6.50. The zero-order chi connectivity index (χ0) is 21.7. The van der Waals surface area contributed by atoms with Crippen molar-refractivity contribution in [2.75, 3.05) is 0 Å². The van der Waals surface area contributed by atoms with Crippen LogP contribution < -0.4 is 0 Å². The average Bonchev–Trinajstić information content (AvgIpc) is 2.68. The van der Waals surface area contributed by atoms with Crippen LogP contribution in [0, 0.1) is 10.8 Å². The van der Waals surface area contributed by atoms with Crippen LogP contribution in [0.25, 0.3) is 0 Å². The van der Waals surface area contributed by atoms with E-state index in [1.54, 1.807) is 0 Å². The number of ether oxygens (including phenoxy) is 4. The summed E-state index contributed by atoms with van der Waals surface area (Å²) in [6.45, 7) is 11.5. The lowest BCUT2D eigenvalue weighted by atomic mass is 9.90. The Morgan fingerprint density at radius 2 is 1.14 bits per heavy atom. The summed E-state index contributed by atoms with van der Waals surface area (Å²) in [6.07, 6.45) is 6.49. The van der Waals surface area contributed by atoms with E-state index < -0.39 is 23.4 Å². The molecule has 6 nitrogen and oxygen atoms in total. The van der Waals surface area contributed by atoms with Crippen LogP contribution in [0.1, 0.15) is 99.3 Å². The molecule has 0 aromatic heterocycles. The highest BCUT2D eigenvalue weighted by Gasteiger charge is 2.35. The Hall–Kier alpha value is -1.14. The normalized spacial score (nSPS) is 28.6. The second kappa shape index (κ2) is 10.3. The summed E-state index contributed by atoms with van der Waals surface area (Å²) in [4.78, 5) is 24.7. The fraction of sp³-hybridized carbons (Fsp3) is 0.913. The Bertz CT molecular complexity index is 508. The Morgan fingerprint density at radius 3 is 1.48 bits per heavy atom. The predicted octanol–water partition coefficient (Wildman–Crippen LogP) is 5.13. The molecule has 0 aliphatic carbocycles. The summed E-state index contributed by atoms with van der Waals surface area (Å²) in [7, 11) is 0. The molecule has 0 saturated carbocycles. The summed E-state index contributed by atoms with van der Waals surface area (Å²) in [5, 5.41) is 0.